The third-order valence-electron chi connectivity index (χ3n) is 7.15. The number of nitrogens with zero attached hydrogens (tertiary/aromatic N) is 1. The molecule has 3 aliphatic rings. The van der Waals surface area contributed by atoms with E-state index in [9.17, 15) is 23.6 Å². The Bertz CT molecular complexity index is 1080. The van der Waals surface area contributed by atoms with Crippen molar-refractivity contribution >= 4 is 23.6 Å². The summed E-state index contributed by atoms with van der Waals surface area (Å²) in [7, 11) is 0. The van der Waals surface area contributed by atoms with E-state index >= 15 is 0 Å². The first-order chi connectivity index (χ1) is 15.4. The van der Waals surface area contributed by atoms with Crippen molar-refractivity contribution in [2.75, 3.05) is 13.2 Å². The number of rotatable bonds is 6. The Balaban J connectivity index is 1.22. The third-order valence-corrected chi connectivity index (χ3v) is 7.15. The van der Waals surface area contributed by atoms with Crippen LogP contribution in [0.15, 0.2) is 54.6 Å². The molecule has 0 radical (unpaired) electrons. The highest BCUT2D eigenvalue weighted by molar-refractivity contribution is 6.08. The zero-order valence-electron chi connectivity index (χ0n) is 17.3. The van der Waals surface area contributed by atoms with Gasteiger partial charge in [0.25, 0.3) is 0 Å². The molecule has 2 bridgehead atoms. The highest BCUT2D eigenvalue weighted by atomic mass is 19.1. The largest absolute Gasteiger partial charge is 0.456 e. The molecule has 0 aromatic heterocycles. The fourth-order valence-corrected chi connectivity index (χ4v) is 5.80. The van der Waals surface area contributed by atoms with Crippen LogP contribution in [-0.4, -0.2) is 41.6 Å². The standard InChI is InChI=1S/C25H22FNO5/c26-17-8-6-15(7-9-17)20(28)13-32-21(29)12-27-24(30)22-16-10-18(14-4-2-1-3-5-14)19(11-16)23(22)25(27)31/h1-9,16,18-19,22-23H,10-13H2/t16-,18+,19+,22-,23-/m1/s1. The molecule has 3 fully saturated rings. The minimum absolute atomic E-state index is 0.102. The van der Waals surface area contributed by atoms with Gasteiger partial charge in [-0.2, -0.15) is 0 Å². The number of hydrogen-bond donors (Lipinski definition) is 0. The lowest BCUT2D eigenvalue weighted by molar-refractivity contribution is -0.152. The number of ether oxygens (including phenoxy) is 1. The predicted octanol–water partition coefficient (Wildman–Crippen LogP) is 2.98. The fourth-order valence-electron chi connectivity index (χ4n) is 5.80. The highest BCUT2D eigenvalue weighted by Crippen LogP contribution is 2.61. The maximum Gasteiger partial charge on any atom is 0.326 e. The van der Waals surface area contributed by atoms with E-state index in [4.69, 9.17) is 4.74 Å². The number of hydrogen-bond acceptors (Lipinski definition) is 5. The number of carbonyl (C=O) groups is 4. The number of Topliss-reactive ketones (excluding diaryl/α,β-unsaturated/α-hetero) is 1. The average molecular weight is 435 g/mol. The molecule has 1 aliphatic heterocycles. The van der Waals surface area contributed by atoms with Crippen molar-refractivity contribution in [1.29, 1.82) is 0 Å². The van der Waals surface area contributed by atoms with E-state index in [0.29, 0.717) is 0 Å². The second kappa shape index (κ2) is 7.97. The molecule has 6 nitrogen and oxygen atoms in total. The van der Waals surface area contributed by atoms with Crippen molar-refractivity contribution in [2.45, 2.75) is 18.8 Å². The lowest BCUT2D eigenvalue weighted by atomic mass is 9.73. The minimum Gasteiger partial charge on any atom is -0.456 e. The molecule has 0 N–H and O–H groups in total. The van der Waals surface area contributed by atoms with Crippen molar-refractivity contribution in [1.82, 2.24) is 4.90 Å². The van der Waals surface area contributed by atoms with E-state index in [2.05, 4.69) is 12.1 Å². The molecule has 2 aromatic carbocycles. The van der Waals surface area contributed by atoms with E-state index in [0.717, 1.165) is 29.9 Å². The van der Waals surface area contributed by atoms with Gasteiger partial charge in [0.2, 0.25) is 11.8 Å². The van der Waals surface area contributed by atoms with Gasteiger partial charge < -0.3 is 4.74 Å². The molecule has 2 saturated carbocycles. The average Bonchev–Trinajstić information content (AvgIpc) is 3.46. The summed E-state index contributed by atoms with van der Waals surface area (Å²) < 4.78 is 18.0. The summed E-state index contributed by atoms with van der Waals surface area (Å²) in [5.74, 6) is -2.64. The van der Waals surface area contributed by atoms with Gasteiger partial charge in [-0.15, -0.1) is 0 Å². The van der Waals surface area contributed by atoms with E-state index in [1.54, 1.807) is 0 Å². The Kier molecular flexibility index (Phi) is 5.12. The lowest BCUT2D eigenvalue weighted by Gasteiger charge is -2.28. The summed E-state index contributed by atoms with van der Waals surface area (Å²) >= 11 is 0. The second-order valence-corrected chi connectivity index (χ2v) is 8.82. The number of fused-ring (bicyclic) bond motifs is 5. The van der Waals surface area contributed by atoms with Crippen LogP contribution < -0.4 is 0 Å². The summed E-state index contributed by atoms with van der Waals surface area (Å²) in [6, 6.07) is 14.9. The normalized spacial score (nSPS) is 28.2. The SMILES string of the molecule is O=C(CN1C(=O)[C@@H]2[C@H]3C[C@H]([C@H]2C1=O)[C@H](c1ccccc1)C3)OCC(=O)c1ccc(F)cc1. The molecule has 2 amide bonds. The summed E-state index contributed by atoms with van der Waals surface area (Å²) in [4.78, 5) is 51.4. The van der Waals surface area contributed by atoms with E-state index < -0.39 is 30.7 Å². The summed E-state index contributed by atoms with van der Waals surface area (Å²) in [5, 5.41) is 0. The van der Waals surface area contributed by atoms with E-state index in [-0.39, 0.29) is 47.0 Å². The van der Waals surface area contributed by atoms with Crippen molar-refractivity contribution in [3.8, 4) is 0 Å². The third kappa shape index (κ3) is 3.42. The number of imide groups is 1. The molecule has 0 unspecified atom stereocenters. The monoisotopic (exact) mass is 435 g/mol. The molecule has 164 valence electrons. The second-order valence-electron chi connectivity index (χ2n) is 8.82. The van der Waals surface area contributed by atoms with Crippen LogP contribution in [0.1, 0.15) is 34.7 Å². The Morgan fingerprint density at radius 2 is 1.62 bits per heavy atom. The Morgan fingerprint density at radius 1 is 0.938 bits per heavy atom. The maximum atomic E-state index is 13.1. The van der Waals surface area contributed by atoms with Crippen molar-refractivity contribution in [2.24, 2.45) is 23.7 Å². The van der Waals surface area contributed by atoms with Crippen molar-refractivity contribution in [3.63, 3.8) is 0 Å². The summed E-state index contributed by atoms with van der Waals surface area (Å²) in [6.45, 7) is -1.02. The van der Waals surface area contributed by atoms with Gasteiger partial charge in [-0.1, -0.05) is 30.3 Å². The molecule has 2 aromatic rings. The van der Waals surface area contributed by atoms with Crippen LogP contribution in [0.2, 0.25) is 0 Å². The van der Waals surface area contributed by atoms with Crippen molar-refractivity contribution in [3.05, 3.63) is 71.5 Å². The predicted molar refractivity (Wildman–Crippen MR) is 111 cm³/mol. The number of amides is 2. The number of ketones is 1. The van der Waals surface area contributed by atoms with Gasteiger partial charge in [0.15, 0.2) is 12.4 Å². The van der Waals surface area contributed by atoms with Gasteiger partial charge in [-0.05, 0) is 60.4 Å². The van der Waals surface area contributed by atoms with Crippen LogP contribution >= 0.6 is 0 Å². The van der Waals surface area contributed by atoms with E-state index in [1.807, 2.05) is 18.2 Å². The Labute approximate surface area is 184 Å². The quantitative estimate of drug-likeness (QED) is 0.396. The van der Waals surface area contributed by atoms with Crippen LogP contribution in [0.25, 0.3) is 0 Å². The molecule has 32 heavy (non-hydrogen) atoms. The van der Waals surface area contributed by atoms with Gasteiger partial charge >= 0.3 is 5.97 Å². The van der Waals surface area contributed by atoms with E-state index in [1.165, 1.54) is 17.7 Å². The van der Waals surface area contributed by atoms with Crippen LogP contribution in [0, 0.1) is 29.5 Å². The number of halogens is 1. The van der Waals surface area contributed by atoms with Crippen molar-refractivity contribution < 1.29 is 28.3 Å². The Hall–Kier alpha value is -3.35. The molecule has 5 rings (SSSR count). The number of benzene rings is 2. The fraction of sp³-hybridized carbons (Fsp3) is 0.360. The Morgan fingerprint density at radius 3 is 2.34 bits per heavy atom. The van der Waals surface area contributed by atoms with Gasteiger partial charge in [-0.3, -0.25) is 24.1 Å². The molecular weight excluding hydrogens is 413 g/mol. The molecule has 1 saturated heterocycles. The molecule has 5 atom stereocenters. The number of carbonyl (C=O) groups excluding carboxylic acids is 4. The van der Waals surface area contributed by atoms with Gasteiger partial charge in [-0.25, -0.2) is 4.39 Å². The first kappa shape index (κ1) is 20.5. The maximum absolute atomic E-state index is 13.1. The summed E-state index contributed by atoms with van der Waals surface area (Å²) in [6.07, 6.45) is 1.73. The van der Waals surface area contributed by atoms with Crippen LogP contribution in [0.5, 0.6) is 0 Å². The smallest absolute Gasteiger partial charge is 0.326 e. The topological polar surface area (TPSA) is 80.8 Å². The lowest BCUT2D eigenvalue weighted by Crippen LogP contribution is -2.38. The zero-order chi connectivity index (χ0) is 22.4. The van der Waals surface area contributed by atoms with Gasteiger partial charge in [0.1, 0.15) is 12.4 Å². The van der Waals surface area contributed by atoms with Gasteiger partial charge in [0.05, 0.1) is 11.8 Å². The zero-order valence-corrected chi connectivity index (χ0v) is 17.3. The molecule has 1 heterocycles. The highest BCUT2D eigenvalue weighted by Gasteiger charge is 2.64. The first-order valence-electron chi connectivity index (χ1n) is 10.8. The van der Waals surface area contributed by atoms with Crippen LogP contribution in [0.3, 0.4) is 0 Å². The van der Waals surface area contributed by atoms with Gasteiger partial charge in [0, 0.05) is 5.56 Å². The molecular formula is C25H22FNO5. The summed E-state index contributed by atoms with van der Waals surface area (Å²) in [5.41, 5.74) is 1.40. The molecule has 0 spiro atoms. The minimum atomic E-state index is -0.811. The first-order valence-corrected chi connectivity index (χ1v) is 10.8. The number of esters is 1. The number of likely N-dealkylation sites (tertiary alicyclic amines) is 1. The molecule has 7 heteroatoms. The van der Waals surface area contributed by atoms with Crippen LogP contribution in [-0.2, 0) is 19.1 Å². The molecule has 2 aliphatic carbocycles. The van der Waals surface area contributed by atoms with Crippen LogP contribution in [0.4, 0.5) is 4.39 Å².